The van der Waals surface area contributed by atoms with Gasteiger partial charge in [-0.25, -0.2) is 4.98 Å². The summed E-state index contributed by atoms with van der Waals surface area (Å²) in [5.41, 5.74) is -0.476. The molecule has 1 aromatic heterocycles. The van der Waals surface area contributed by atoms with Crippen LogP contribution < -0.4 is 10.6 Å². The van der Waals surface area contributed by atoms with Gasteiger partial charge < -0.3 is 10.6 Å². The average Bonchev–Trinajstić information content (AvgIpc) is 2.27. The lowest BCUT2D eigenvalue weighted by Gasteiger charge is -2.23. The summed E-state index contributed by atoms with van der Waals surface area (Å²) in [4.78, 5) is 15.6. The van der Waals surface area contributed by atoms with Crippen molar-refractivity contribution in [1.29, 1.82) is 0 Å². The summed E-state index contributed by atoms with van der Waals surface area (Å²) in [5.74, 6) is 0.704. The van der Waals surface area contributed by atoms with Gasteiger partial charge in [0.2, 0.25) is 5.91 Å². The van der Waals surface area contributed by atoms with Crippen molar-refractivity contribution < 1.29 is 4.79 Å². The van der Waals surface area contributed by atoms with Crippen molar-refractivity contribution in [3.8, 4) is 0 Å². The molecule has 88 valence electrons. The predicted molar refractivity (Wildman–Crippen MR) is 65.6 cm³/mol. The molecule has 1 heterocycles. The lowest BCUT2D eigenvalue weighted by molar-refractivity contribution is -0.128. The molecule has 0 aliphatic rings. The molecule has 0 aliphatic heterocycles. The number of nitrogens with one attached hydrogen (secondary N) is 2. The molecule has 0 aliphatic carbocycles. The maximum absolute atomic E-state index is 11.5. The van der Waals surface area contributed by atoms with E-state index in [0.717, 1.165) is 0 Å². The number of nitrogens with zero attached hydrogens (tertiary/aromatic N) is 1. The van der Waals surface area contributed by atoms with Crippen molar-refractivity contribution >= 4 is 23.3 Å². The van der Waals surface area contributed by atoms with Crippen LogP contribution in [-0.4, -0.2) is 24.5 Å². The van der Waals surface area contributed by atoms with Crippen molar-refractivity contribution in [3.05, 3.63) is 23.4 Å². The number of carbonyl (C=O) groups excluding carboxylic acids is 1. The quantitative estimate of drug-likeness (QED) is 0.847. The highest BCUT2D eigenvalue weighted by Crippen LogP contribution is 2.16. The van der Waals surface area contributed by atoms with Gasteiger partial charge in [0.25, 0.3) is 0 Å². The standard InChI is InChI=1S/C11H16ClN3O/c1-11(2,10(16)13-3)7-15-9-5-4-8(12)6-14-9/h4-6H,7H2,1-3H3,(H,13,16)(H,14,15). The Morgan fingerprint density at radius 1 is 1.50 bits per heavy atom. The molecule has 1 aromatic rings. The molecular formula is C11H16ClN3O. The molecule has 1 amide bonds. The Labute approximate surface area is 100 Å². The van der Waals surface area contributed by atoms with Crippen LogP contribution in [-0.2, 0) is 4.79 Å². The van der Waals surface area contributed by atoms with Crippen LogP contribution in [0.5, 0.6) is 0 Å². The molecular weight excluding hydrogens is 226 g/mol. The second-order valence-corrected chi connectivity index (χ2v) is 4.61. The van der Waals surface area contributed by atoms with Gasteiger partial charge in [0, 0.05) is 19.8 Å². The molecule has 0 bridgehead atoms. The van der Waals surface area contributed by atoms with E-state index in [2.05, 4.69) is 15.6 Å². The van der Waals surface area contributed by atoms with Gasteiger partial charge in [-0.2, -0.15) is 0 Å². The number of amides is 1. The van der Waals surface area contributed by atoms with E-state index in [1.165, 1.54) is 0 Å². The van der Waals surface area contributed by atoms with Gasteiger partial charge in [0.1, 0.15) is 5.82 Å². The van der Waals surface area contributed by atoms with Crippen molar-refractivity contribution in [2.75, 3.05) is 18.9 Å². The summed E-state index contributed by atoms with van der Waals surface area (Å²) in [6, 6.07) is 3.53. The molecule has 0 atom stereocenters. The molecule has 0 unspecified atom stereocenters. The zero-order chi connectivity index (χ0) is 12.2. The van der Waals surface area contributed by atoms with Crippen LogP contribution in [0.25, 0.3) is 0 Å². The monoisotopic (exact) mass is 241 g/mol. The molecule has 16 heavy (non-hydrogen) atoms. The van der Waals surface area contributed by atoms with Gasteiger partial charge >= 0.3 is 0 Å². The van der Waals surface area contributed by atoms with E-state index < -0.39 is 5.41 Å². The number of carbonyl (C=O) groups is 1. The molecule has 5 heteroatoms. The molecule has 4 nitrogen and oxygen atoms in total. The third-order valence-electron chi connectivity index (χ3n) is 2.28. The number of hydrogen-bond acceptors (Lipinski definition) is 3. The van der Waals surface area contributed by atoms with Crippen LogP contribution in [0.2, 0.25) is 5.02 Å². The van der Waals surface area contributed by atoms with E-state index in [4.69, 9.17) is 11.6 Å². The molecule has 0 saturated carbocycles. The Bertz CT molecular complexity index is 362. The fourth-order valence-electron chi connectivity index (χ4n) is 1.21. The Balaban J connectivity index is 2.57. The van der Waals surface area contributed by atoms with E-state index in [1.807, 2.05) is 13.8 Å². The minimum atomic E-state index is -0.476. The van der Waals surface area contributed by atoms with Crippen molar-refractivity contribution in [2.24, 2.45) is 5.41 Å². The highest BCUT2D eigenvalue weighted by molar-refractivity contribution is 6.30. The number of aromatic nitrogens is 1. The summed E-state index contributed by atoms with van der Waals surface area (Å²) < 4.78 is 0. The van der Waals surface area contributed by atoms with Gasteiger partial charge in [-0.1, -0.05) is 11.6 Å². The normalized spacial score (nSPS) is 11.0. The third kappa shape index (κ3) is 3.38. The van der Waals surface area contributed by atoms with E-state index in [9.17, 15) is 4.79 Å². The van der Waals surface area contributed by atoms with Crippen molar-refractivity contribution in [3.63, 3.8) is 0 Å². The molecule has 0 radical (unpaired) electrons. The number of hydrogen-bond donors (Lipinski definition) is 2. The number of halogens is 1. The second kappa shape index (κ2) is 5.16. The van der Waals surface area contributed by atoms with Crippen LogP contribution in [0.4, 0.5) is 5.82 Å². The minimum Gasteiger partial charge on any atom is -0.369 e. The Morgan fingerprint density at radius 3 is 2.69 bits per heavy atom. The summed E-state index contributed by atoms with van der Waals surface area (Å²) in [5, 5.41) is 6.32. The molecule has 0 aromatic carbocycles. The number of pyridine rings is 1. The van der Waals surface area contributed by atoms with Gasteiger partial charge in [0.05, 0.1) is 10.4 Å². The van der Waals surface area contributed by atoms with Gasteiger partial charge in [-0.15, -0.1) is 0 Å². The predicted octanol–water partition coefficient (Wildman–Crippen LogP) is 1.92. The zero-order valence-corrected chi connectivity index (χ0v) is 10.4. The van der Waals surface area contributed by atoms with Crippen LogP contribution >= 0.6 is 11.6 Å². The first-order valence-corrected chi connectivity index (χ1v) is 5.41. The van der Waals surface area contributed by atoms with Crippen LogP contribution in [0.1, 0.15) is 13.8 Å². The lowest BCUT2D eigenvalue weighted by atomic mass is 9.92. The maximum Gasteiger partial charge on any atom is 0.227 e. The lowest BCUT2D eigenvalue weighted by Crippen LogP contribution is -2.39. The van der Waals surface area contributed by atoms with E-state index in [1.54, 1.807) is 25.4 Å². The summed E-state index contributed by atoms with van der Waals surface area (Å²) >= 11 is 5.72. The SMILES string of the molecule is CNC(=O)C(C)(C)CNc1ccc(Cl)cn1. The van der Waals surface area contributed by atoms with Crippen molar-refractivity contribution in [2.45, 2.75) is 13.8 Å². The molecule has 0 fully saturated rings. The average molecular weight is 242 g/mol. The van der Waals surface area contributed by atoms with E-state index >= 15 is 0 Å². The minimum absolute atomic E-state index is 0.00559. The first-order valence-electron chi connectivity index (χ1n) is 5.03. The van der Waals surface area contributed by atoms with Gasteiger partial charge in [0.15, 0.2) is 0 Å². The fourth-order valence-corrected chi connectivity index (χ4v) is 1.32. The van der Waals surface area contributed by atoms with Gasteiger partial charge in [-0.05, 0) is 26.0 Å². The molecule has 0 saturated heterocycles. The Hall–Kier alpha value is -1.29. The van der Waals surface area contributed by atoms with Crippen LogP contribution in [0.3, 0.4) is 0 Å². The largest absolute Gasteiger partial charge is 0.369 e. The number of rotatable bonds is 4. The zero-order valence-electron chi connectivity index (χ0n) is 9.67. The highest BCUT2D eigenvalue weighted by atomic mass is 35.5. The molecule has 2 N–H and O–H groups in total. The molecule has 1 rings (SSSR count). The summed E-state index contributed by atoms with van der Waals surface area (Å²) in [7, 11) is 1.63. The first-order chi connectivity index (χ1) is 7.45. The summed E-state index contributed by atoms with van der Waals surface area (Å²) in [6.07, 6.45) is 1.57. The van der Waals surface area contributed by atoms with Gasteiger partial charge in [-0.3, -0.25) is 4.79 Å². The second-order valence-electron chi connectivity index (χ2n) is 4.18. The Kier molecular flexibility index (Phi) is 4.12. The maximum atomic E-state index is 11.5. The smallest absolute Gasteiger partial charge is 0.227 e. The van der Waals surface area contributed by atoms with Crippen LogP contribution in [0.15, 0.2) is 18.3 Å². The van der Waals surface area contributed by atoms with E-state index in [-0.39, 0.29) is 5.91 Å². The topological polar surface area (TPSA) is 54.0 Å². The highest BCUT2D eigenvalue weighted by Gasteiger charge is 2.26. The Morgan fingerprint density at radius 2 is 2.19 bits per heavy atom. The molecule has 0 spiro atoms. The first kappa shape index (κ1) is 12.8. The van der Waals surface area contributed by atoms with E-state index in [0.29, 0.717) is 17.4 Å². The fraction of sp³-hybridized carbons (Fsp3) is 0.455. The van der Waals surface area contributed by atoms with Crippen molar-refractivity contribution in [1.82, 2.24) is 10.3 Å². The third-order valence-corrected chi connectivity index (χ3v) is 2.50. The van der Waals surface area contributed by atoms with Crippen LogP contribution in [0, 0.1) is 5.41 Å². The number of anilines is 1. The summed E-state index contributed by atoms with van der Waals surface area (Å²) in [6.45, 7) is 4.25.